The fraction of sp³-hybridized carbons (Fsp3) is 0.105. The topological polar surface area (TPSA) is 126 Å². The molecule has 0 fully saturated rings. The van der Waals surface area contributed by atoms with Gasteiger partial charge in [-0.1, -0.05) is 18.2 Å². The highest BCUT2D eigenvalue weighted by molar-refractivity contribution is 7.90. The van der Waals surface area contributed by atoms with Gasteiger partial charge >= 0.3 is 0 Å². The van der Waals surface area contributed by atoms with Crippen LogP contribution in [0.3, 0.4) is 0 Å². The van der Waals surface area contributed by atoms with Crippen molar-refractivity contribution >= 4 is 32.3 Å². The number of aromatic amines is 1. The van der Waals surface area contributed by atoms with E-state index in [1.807, 2.05) is 30.5 Å². The fourth-order valence-electron chi connectivity index (χ4n) is 3.09. The van der Waals surface area contributed by atoms with Crippen molar-refractivity contribution < 1.29 is 8.42 Å². The minimum atomic E-state index is -3.26. The maximum Gasteiger partial charge on any atom is 0.175 e. The summed E-state index contributed by atoms with van der Waals surface area (Å²) in [5, 5.41) is 4.27. The van der Waals surface area contributed by atoms with Crippen molar-refractivity contribution in [3.8, 4) is 0 Å². The maximum absolute atomic E-state index is 11.6. The third-order valence-electron chi connectivity index (χ3n) is 4.67. The van der Waals surface area contributed by atoms with Crippen molar-refractivity contribution in [3.63, 3.8) is 0 Å². The first-order valence-electron chi connectivity index (χ1n) is 8.26. The van der Waals surface area contributed by atoms with Crippen molar-refractivity contribution in [1.29, 1.82) is 0 Å². The molecule has 0 saturated heterocycles. The van der Waals surface area contributed by atoms with Crippen LogP contribution in [0.2, 0.25) is 0 Å². The number of aromatic nitrogens is 1. The number of sulfone groups is 1. The Bertz CT molecular complexity index is 1190. The van der Waals surface area contributed by atoms with Gasteiger partial charge in [0.15, 0.2) is 15.5 Å². The van der Waals surface area contributed by atoms with Crippen LogP contribution in [0.15, 0.2) is 70.8 Å². The average Bonchev–Trinajstić information content (AvgIpc) is 3.11. The molecule has 3 aromatic rings. The largest absolute Gasteiger partial charge is 0.384 e. The van der Waals surface area contributed by atoms with Gasteiger partial charge in [0.2, 0.25) is 0 Å². The van der Waals surface area contributed by atoms with Gasteiger partial charge in [0.25, 0.3) is 0 Å². The Hall–Kier alpha value is -3.10. The number of hydrogen-bond acceptors (Lipinski definition) is 6. The Labute approximate surface area is 156 Å². The van der Waals surface area contributed by atoms with Gasteiger partial charge in [-0.05, 0) is 41.3 Å². The van der Waals surface area contributed by atoms with E-state index in [2.05, 4.69) is 15.3 Å². The molecular formula is C19H19N5O2S. The second-order valence-corrected chi connectivity index (χ2v) is 8.58. The SMILES string of the molecule is CS(=O)(=O)c1ccc(C2=CN=C(N)C(N)(c3ccc4[nH]ccc4c3)N2)cc1. The molecule has 0 bridgehead atoms. The number of aliphatic imine (C=N–C) groups is 1. The van der Waals surface area contributed by atoms with E-state index in [9.17, 15) is 8.42 Å². The zero-order chi connectivity index (χ0) is 19.2. The summed E-state index contributed by atoms with van der Waals surface area (Å²) in [6, 6.07) is 14.3. The van der Waals surface area contributed by atoms with Crippen LogP contribution in [-0.2, 0) is 15.5 Å². The quantitative estimate of drug-likeness (QED) is 0.549. The number of nitrogens with two attached hydrogens (primary N) is 2. The number of amidine groups is 1. The number of benzene rings is 2. The minimum Gasteiger partial charge on any atom is -0.384 e. The summed E-state index contributed by atoms with van der Waals surface area (Å²) in [5.74, 6) is 0.244. The first-order valence-corrected chi connectivity index (χ1v) is 10.2. The van der Waals surface area contributed by atoms with Crippen molar-refractivity contribution in [2.45, 2.75) is 10.6 Å². The van der Waals surface area contributed by atoms with E-state index < -0.39 is 15.5 Å². The normalized spacial score (nSPS) is 20.1. The van der Waals surface area contributed by atoms with E-state index in [0.29, 0.717) is 5.70 Å². The van der Waals surface area contributed by atoms with Crippen molar-refractivity contribution in [2.75, 3.05) is 6.26 Å². The van der Waals surface area contributed by atoms with E-state index in [1.165, 1.54) is 6.26 Å². The summed E-state index contributed by atoms with van der Waals surface area (Å²) in [6.07, 6.45) is 4.62. The molecule has 1 aliphatic rings. The molecule has 0 amide bonds. The Balaban J connectivity index is 1.71. The van der Waals surface area contributed by atoms with E-state index in [0.717, 1.165) is 22.0 Å². The zero-order valence-electron chi connectivity index (χ0n) is 14.6. The molecule has 2 aromatic carbocycles. The molecule has 1 unspecified atom stereocenters. The molecule has 27 heavy (non-hydrogen) atoms. The summed E-state index contributed by atoms with van der Waals surface area (Å²) < 4.78 is 23.3. The van der Waals surface area contributed by atoms with Crippen LogP contribution >= 0.6 is 0 Å². The van der Waals surface area contributed by atoms with Crippen LogP contribution in [0.4, 0.5) is 0 Å². The summed E-state index contributed by atoms with van der Waals surface area (Å²) in [7, 11) is -3.26. The molecule has 0 saturated carbocycles. The highest BCUT2D eigenvalue weighted by Gasteiger charge is 2.35. The van der Waals surface area contributed by atoms with Gasteiger partial charge < -0.3 is 16.0 Å². The number of hydrogen-bond donors (Lipinski definition) is 4. The summed E-state index contributed by atoms with van der Waals surface area (Å²) in [6.45, 7) is 0. The molecule has 8 heteroatoms. The first-order chi connectivity index (χ1) is 12.8. The molecule has 1 aromatic heterocycles. The molecule has 0 radical (unpaired) electrons. The van der Waals surface area contributed by atoms with Gasteiger partial charge in [-0.15, -0.1) is 0 Å². The highest BCUT2D eigenvalue weighted by Crippen LogP contribution is 2.27. The van der Waals surface area contributed by atoms with Gasteiger partial charge in [0.05, 0.1) is 16.8 Å². The predicted octanol–water partition coefficient (Wildman–Crippen LogP) is 1.64. The number of nitrogens with one attached hydrogen (secondary N) is 2. The molecule has 7 nitrogen and oxygen atoms in total. The smallest absolute Gasteiger partial charge is 0.175 e. The standard InChI is InChI=1S/C19H19N5O2S/c1-27(25,26)15-5-2-12(3-6-15)17-11-23-18(20)19(21,24-17)14-4-7-16-13(10-14)8-9-22-16/h2-11,22,24H,21H2,1H3,(H2,20,23). The van der Waals surface area contributed by atoms with Crippen molar-refractivity contribution in [3.05, 3.63) is 72.1 Å². The van der Waals surface area contributed by atoms with Crippen LogP contribution < -0.4 is 16.8 Å². The predicted molar refractivity (Wildman–Crippen MR) is 106 cm³/mol. The Morgan fingerprint density at radius 2 is 1.81 bits per heavy atom. The van der Waals surface area contributed by atoms with Gasteiger partial charge in [0, 0.05) is 23.5 Å². The molecule has 6 N–H and O–H groups in total. The van der Waals surface area contributed by atoms with Crippen molar-refractivity contribution in [2.24, 2.45) is 16.5 Å². The first kappa shape index (κ1) is 17.3. The third-order valence-corrected chi connectivity index (χ3v) is 5.80. The van der Waals surface area contributed by atoms with Gasteiger partial charge in [0.1, 0.15) is 5.84 Å². The lowest BCUT2D eigenvalue weighted by molar-refractivity contribution is 0.537. The van der Waals surface area contributed by atoms with Crippen LogP contribution in [0.1, 0.15) is 11.1 Å². The van der Waals surface area contributed by atoms with Crippen LogP contribution in [0, 0.1) is 0 Å². The van der Waals surface area contributed by atoms with Crippen LogP contribution in [0.5, 0.6) is 0 Å². The molecule has 1 aliphatic heterocycles. The lowest BCUT2D eigenvalue weighted by Crippen LogP contribution is -2.60. The third kappa shape index (κ3) is 2.98. The molecule has 138 valence electrons. The van der Waals surface area contributed by atoms with Crippen LogP contribution in [0.25, 0.3) is 16.6 Å². The summed E-state index contributed by atoms with van der Waals surface area (Å²) >= 11 is 0. The van der Waals surface area contributed by atoms with Crippen LogP contribution in [-0.4, -0.2) is 25.5 Å². The Kier molecular flexibility index (Phi) is 3.83. The highest BCUT2D eigenvalue weighted by atomic mass is 32.2. The fourth-order valence-corrected chi connectivity index (χ4v) is 3.72. The maximum atomic E-state index is 11.6. The summed E-state index contributed by atoms with van der Waals surface area (Å²) in [4.78, 5) is 7.67. The van der Waals surface area contributed by atoms with E-state index in [1.54, 1.807) is 30.5 Å². The lowest BCUT2D eigenvalue weighted by Gasteiger charge is -2.35. The van der Waals surface area contributed by atoms with E-state index in [4.69, 9.17) is 11.5 Å². The molecule has 0 spiro atoms. The van der Waals surface area contributed by atoms with E-state index in [-0.39, 0.29) is 10.7 Å². The number of fused-ring (bicyclic) bond motifs is 1. The number of rotatable bonds is 3. The van der Waals surface area contributed by atoms with Gasteiger partial charge in [-0.3, -0.25) is 5.73 Å². The Morgan fingerprint density at radius 1 is 1.07 bits per heavy atom. The number of H-pyrrole nitrogens is 1. The van der Waals surface area contributed by atoms with Gasteiger partial charge in [-0.25, -0.2) is 13.4 Å². The average molecular weight is 381 g/mol. The lowest BCUT2D eigenvalue weighted by atomic mass is 9.95. The van der Waals surface area contributed by atoms with E-state index >= 15 is 0 Å². The molecule has 0 aliphatic carbocycles. The second kappa shape index (κ2) is 5.97. The number of nitrogens with zero attached hydrogens (tertiary/aromatic N) is 1. The van der Waals surface area contributed by atoms with Gasteiger partial charge in [-0.2, -0.15) is 0 Å². The molecule has 1 atom stereocenters. The minimum absolute atomic E-state index is 0.244. The monoisotopic (exact) mass is 381 g/mol. The summed E-state index contributed by atoms with van der Waals surface area (Å²) in [5.41, 5.74) is 14.7. The molecule has 2 heterocycles. The Morgan fingerprint density at radius 3 is 2.52 bits per heavy atom. The zero-order valence-corrected chi connectivity index (χ0v) is 15.4. The second-order valence-electron chi connectivity index (χ2n) is 6.57. The molecular weight excluding hydrogens is 362 g/mol. The molecule has 4 rings (SSSR count). The van der Waals surface area contributed by atoms with Crippen molar-refractivity contribution in [1.82, 2.24) is 10.3 Å².